The van der Waals surface area contributed by atoms with Gasteiger partial charge in [0.1, 0.15) is 16.7 Å². The number of furan rings is 2. The molecule has 0 unspecified atom stereocenters. The van der Waals surface area contributed by atoms with E-state index in [-0.39, 0.29) is 0 Å². The van der Waals surface area contributed by atoms with Gasteiger partial charge in [-0.25, -0.2) is 0 Å². The van der Waals surface area contributed by atoms with Crippen LogP contribution in [0.5, 0.6) is 0 Å². The van der Waals surface area contributed by atoms with Crippen LogP contribution in [-0.2, 0) is 0 Å². The molecule has 0 aliphatic rings. The number of thiophene rings is 1. The minimum atomic E-state index is 0.841. The second-order valence-electron chi connectivity index (χ2n) is 11.7. The first-order valence-corrected chi connectivity index (χ1v) is 16.2. The van der Waals surface area contributed by atoms with Crippen molar-refractivity contribution in [3.8, 4) is 11.1 Å². The van der Waals surface area contributed by atoms with E-state index in [1.54, 1.807) is 0 Å². The summed E-state index contributed by atoms with van der Waals surface area (Å²) in [7, 11) is 0. The van der Waals surface area contributed by atoms with Gasteiger partial charge >= 0.3 is 0 Å². The maximum Gasteiger partial charge on any atom is 0.159 e. The van der Waals surface area contributed by atoms with E-state index in [9.17, 15) is 0 Å². The molecule has 216 valence electrons. The fraction of sp³-hybridized carbons (Fsp3) is 0. The molecule has 46 heavy (non-hydrogen) atoms. The zero-order valence-electron chi connectivity index (χ0n) is 24.6. The number of hydrogen-bond acceptors (Lipinski definition) is 4. The Morgan fingerprint density at radius 1 is 0.457 bits per heavy atom. The maximum atomic E-state index is 6.88. The second kappa shape index (κ2) is 9.83. The minimum absolute atomic E-state index is 0.841. The fourth-order valence-electron chi connectivity index (χ4n) is 7.04. The minimum Gasteiger partial charge on any atom is -0.456 e. The normalized spacial score (nSPS) is 11.9. The summed E-state index contributed by atoms with van der Waals surface area (Å²) >= 11 is 1.85. The predicted octanol–water partition coefficient (Wildman–Crippen LogP) is 13.0. The van der Waals surface area contributed by atoms with Crippen molar-refractivity contribution in [1.29, 1.82) is 0 Å². The topological polar surface area (TPSA) is 29.5 Å². The van der Waals surface area contributed by atoms with Crippen LogP contribution in [0.4, 0.5) is 17.1 Å². The Kier molecular flexibility index (Phi) is 5.45. The number of benzene rings is 7. The molecule has 0 spiro atoms. The smallest absolute Gasteiger partial charge is 0.159 e. The van der Waals surface area contributed by atoms with Gasteiger partial charge in [-0.2, -0.15) is 0 Å². The zero-order chi connectivity index (χ0) is 30.2. The van der Waals surface area contributed by atoms with E-state index in [1.165, 1.54) is 25.7 Å². The van der Waals surface area contributed by atoms with E-state index in [0.29, 0.717) is 0 Å². The standard InChI is InChI=1S/C42H25NO2S/c1-3-12-27(13-4-1)43(28-14-5-2-6-15-28)34-25-26(29-18-11-19-31-30-16-8-10-21-38(30)46-42(29)31)24-33-40-37(45-41(33)34)23-22-36-39(40)32-17-7-9-20-35(32)44-36/h1-25H. The Morgan fingerprint density at radius 2 is 1.09 bits per heavy atom. The second-order valence-corrected chi connectivity index (χ2v) is 12.7. The molecule has 0 bridgehead atoms. The highest BCUT2D eigenvalue weighted by Gasteiger charge is 2.24. The first kappa shape index (κ1) is 25.5. The molecule has 0 saturated heterocycles. The third-order valence-electron chi connectivity index (χ3n) is 9.04. The summed E-state index contributed by atoms with van der Waals surface area (Å²) in [6.45, 7) is 0. The van der Waals surface area contributed by atoms with Gasteiger partial charge in [-0.05, 0) is 71.8 Å². The highest BCUT2D eigenvalue weighted by molar-refractivity contribution is 7.26. The van der Waals surface area contributed by atoms with Crippen molar-refractivity contribution in [3.05, 3.63) is 152 Å². The van der Waals surface area contributed by atoms with Gasteiger partial charge in [0, 0.05) is 53.1 Å². The molecular weight excluding hydrogens is 583 g/mol. The lowest BCUT2D eigenvalue weighted by Gasteiger charge is -2.26. The Hall–Kier alpha value is -5.84. The Morgan fingerprint density at radius 3 is 1.87 bits per heavy atom. The molecule has 0 fully saturated rings. The van der Waals surface area contributed by atoms with Gasteiger partial charge in [0.05, 0.1) is 5.69 Å². The summed E-state index contributed by atoms with van der Waals surface area (Å²) in [5.41, 5.74) is 8.88. The lowest BCUT2D eigenvalue weighted by molar-refractivity contribution is 0.663. The molecule has 3 nitrogen and oxygen atoms in total. The van der Waals surface area contributed by atoms with Gasteiger partial charge in [-0.3, -0.25) is 0 Å². The maximum absolute atomic E-state index is 6.88. The van der Waals surface area contributed by atoms with Gasteiger partial charge in [-0.1, -0.05) is 91.0 Å². The van der Waals surface area contributed by atoms with Crippen molar-refractivity contribution < 1.29 is 8.83 Å². The monoisotopic (exact) mass is 607 g/mol. The van der Waals surface area contributed by atoms with E-state index in [2.05, 4.69) is 132 Å². The number of fused-ring (bicyclic) bond motifs is 10. The summed E-state index contributed by atoms with van der Waals surface area (Å²) < 4.78 is 15.8. The molecule has 7 aromatic carbocycles. The predicted molar refractivity (Wildman–Crippen MR) is 194 cm³/mol. The number of rotatable bonds is 4. The Balaban J connectivity index is 1.37. The quantitative estimate of drug-likeness (QED) is 0.199. The lowest BCUT2D eigenvalue weighted by Crippen LogP contribution is -2.10. The van der Waals surface area contributed by atoms with E-state index in [1.807, 2.05) is 35.6 Å². The van der Waals surface area contributed by atoms with Crippen LogP contribution in [0.3, 0.4) is 0 Å². The van der Waals surface area contributed by atoms with Crippen molar-refractivity contribution >= 4 is 92.4 Å². The molecule has 0 aliphatic carbocycles. The van der Waals surface area contributed by atoms with Crippen LogP contribution in [0.2, 0.25) is 0 Å². The first-order chi connectivity index (χ1) is 22.8. The lowest BCUT2D eigenvalue weighted by atomic mass is 9.97. The Labute approximate surface area is 268 Å². The van der Waals surface area contributed by atoms with Gasteiger partial charge in [0.2, 0.25) is 0 Å². The molecule has 0 aliphatic heterocycles. The average molecular weight is 608 g/mol. The fourth-order valence-corrected chi connectivity index (χ4v) is 8.28. The molecule has 0 saturated carbocycles. The van der Waals surface area contributed by atoms with Crippen LogP contribution in [-0.4, -0.2) is 0 Å². The van der Waals surface area contributed by atoms with Crippen molar-refractivity contribution in [2.45, 2.75) is 0 Å². The molecule has 4 heteroatoms. The summed E-state index contributed by atoms with van der Waals surface area (Å²) in [6, 6.07) is 53.4. The summed E-state index contributed by atoms with van der Waals surface area (Å²) in [5.74, 6) is 0. The van der Waals surface area contributed by atoms with Crippen molar-refractivity contribution in [1.82, 2.24) is 0 Å². The third-order valence-corrected chi connectivity index (χ3v) is 10.3. The van der Waals surface area contributed by atoms with Crippen molar-refractivity contribution in [2.75, 3.05) is 4.90 Å². The first-order valence-electron chi connectivity index (χ1n) is 15.4. The van der Waals surface area contributed by atoms with Gasteiger partial charge in [-0.15, -0.1) is 11.3 Å². The van der Waals surface area contributed by atoms with Crippen molar-refractivity contribution in [3.63, 3.8) is 0 Å². The van der Waals surface area contributed by atoms with Crippen LogP contribution < -0.4 is 4.90 Å². The summed E-state index contributed by atoms with van der Waals surface area (Å²) in [4.78, 5) is 2.31. The van der Waals surface area contributed by atoms with Crippen LogP contribution in [0.25, 0.3) is 75.2 Å². The van der Waals surface area contributed by atoms with Crippen molar-refractivity contribution in [2.24, 2.45) is 0 Å². The highest BCUT2D eigenvalue weighted by atomic mass is 32.1. The van der Waals surface area contributed by atoms with Crippen LogP contribution in [0.15, 0.2) is 160 Å². The van der Waals surface area contributed by atoms with Crippen LogP contribution >= 0.6 is 11.3 Å². The molecule has 3 heterocycles. The molecule has 10 aromatic rings. The summed E-state index contributed by atoms with van der Waals surface area (Å²) in [6.07, 6.45) is 0. The van der Waals surface area contributed by atoms with E-state index in [4.69, 9.17) is 8.83 Å². The Bertz CT molecular complexity index is 2710. The number of nitrogens with zero attached hydrogens (tertiary/aromatic N) is 1. The molecule has 0 N–H and O–H groups in total. The molecule has 0 atom stereocenters. The van der Waals surface area contributed by atoms with Crippen LogP contribution in [0, 0.1) is 0 Å². The molecular formula is C42H25NO2S. The van der Waals surface area contributed by atoms with E-state index in [0.717, 1.165) is 66.5 Å². The molecule has 0 amide bonds. The average Bonchev–Trinajstić information content (AvgIpc) is 3.80. The number of para-hydroxylation sites is 3. The molecule has 0 radical (unpaired) electrons. The van der Waals surface area contributed by atoms with Gasteiger partial charge < -0.3 is 13.7 Å². The highest BCUT2D eigenvalue weighted by Crippen LogP contribution is 2.49. The van der Waals surface area contributed by atoms with E-state index >= 15 is 0 Å². The zero-order valence-corrected chi connectivity index (χ0v) is 25.4. The largest absolute Gasteiger partial charge is 0.456 e. The van der Waals surface area contributed by atoms with Crippen LogP contribution in [0.1, 0.15) is 0 Å². The summed E-state index contributed by atoms with van der Waals surface area (Å²) in [5, 5.41) is 6.89. The third kappa shape index (κ3) is 3.71. The molecule has 10 rings (SSSR count). The van der Waals surface area contributed by atoms with E-state index < -0.39 is 0 Å². The SMILES string of the molecule is c1ccc(N(c2ccccc2)c2cc(-c3cccc4c3sc3ccccc34)cc3c2oc2ccc4oc5ccccc5c4c23)cc1. The van der Waals surface area contributed by atoms with Gasteiger partial charge in [0.25, 0.3) is 0 Å². The molecule has 3 aromatic heterocycles. The number of hydrogen-bond donors (Lipinski definition) is 0. The van der Waals surface area contributed by atoms with Gasteiger partial charge in [0.15, 0.2) is 5.58 Å². The number of anilines is 3.